The van der Waals surface area contributed by atoms with Gasteiger partial charge in [-0.1, -0.05) is 115 Å². The van der Waals surface area contributed by atoms with Crippen molar-refractivity contribution in [1.82, 2.24) is 4.40 Å². The number of aromatic nitrogens is 1. The fourth-order valence-electron chi connectivity index (χ4n) is 6.92. The first-order chi connectivity index (χ1) is 19.4. The van der Waals surface area contributed by atoms with Crippen LogP contribution in [0, 0.1) is 0 Å². The van der Waals surface area contributed by atoms with E-state index in [0.717, 1.165) is 11.5 Å². The molecule has 0 amide bonds. The molecule has 0 N–H and O–H groups in total. The molecule has 1 aliphatic heterocycles. The number of hydrogen-bond acceptors (Lipinski definition) is 1. The maximum absolute atomic E-state index is 6.67. The maximum atomic E-state index is 6.67. The van der Waals surface area contributed by atoms with Gasteiger partial charge in [-0.2, -0.15) is 0 Å². The van der Waals surface area contributed by atoms with Crippen LogP contribution in [0.4, 0.5) is 0 Å². The van der Waals surface area contributed by atoms with Gasteiger partial charge in [0.25, 0.3) is 6.71 Å². The van der Waals surface area contributed by atoms with E-state index >= 15 is 0 Å². The second kappa shape index (κ2) is 7.75. The summed E-state index contributed by atoms with van der Waals surface area (Å²) in [5, 5.41) is 5.14. The molecule has 39 heavy (non-hydrogen) atoms. The lowest BCUT2D eigenvalue weighted by Gasteiger charge is -2.29. The van der Waals surface area contributed by atoms with E-state index in [2.05, 4.69) is 138 Å². The van der Waals surface area contributed by atoms with E-state index < -0.39 is 0 Å². The molecule has 0 spiro atoms. The first kappa shape index (κ1) is 21.0. The van der Waals surface area contributed by atoms with Crippen molar-refractivity contribution in [2.75, 3.05) is 0 Å². The first-order valence-electron chi connectivity index (χ1n) is 13.5. The second-order valence-corrected chi connectivity index (χ2v) is 10.5. The maximum Gasteiger partial charge on any atom is 0.254 e. The Labute approximate surface area is 226 Å². The van der Waals surface area contributed by atoms with E-state index in [4.69, 9.17) is 4.74 Å². The molecule has 3 heterocycles. The minimum Gasteiger partial charge on any atom is -0.458 e. The lowest BCUT2D eigenvalue weighted by molar-refractivity contribution is 0.488. The van der Waals surface area contributed by atoms with E-state index in [1.807, 2.05) is 0 Å². The molecular formula is C36H22BNO. The lowest BCUT2D eigenvalue weighted by Crippen LogP contribution is -2.55. The minimum absolute atomic E-state index is 0.0156. The number of hydrogen-bond donors (Lipinski definition) is 0. The Morgan fingerprint density at radius 1 is 0.462 bits per heavy atom. The van der Waals surface area contributed by atoms with Gasteiger partial charge in [0, 0.05) is 21.5 Å². The van der Waals surface area contributed by atoms with Crippen LogP contribution in [0.15, 0.2) is 133 Å². The molecule has 180 valence electrons. The van der Waals surface area contributed by atoms with Crippen LogP contribution in [0.3, 0.4) is 0 Å². The number of benzene rings is 6. The molecule has 0 bridgehead atoms. The van der Waals surface area contributed by atoms with E-state index in [0.29, 0.717) is 0 Å². The molecule has 1 aliphatic rings. The van der Waals surface area contributed by atoms with Crippen molar-refractivity contribution in [2.24, 2.45) is 0 Å². The summed E-state index contributed by atoms with van der Waals surface area (Å²) in [6.45, 7) is 0.0156. The number of fused-ring (bicyclic) bond motifs is 9. The van der Waals surface area contributed by atoms with Gasteiger partial charge in [-0.25, -0.2) is 0 Å². The van der Waals surface area contributed by atoms with Gasteiger partial charge in [-0.15, -0.1) is 0 Å². The average molecular weight is 495 g/mol. The Morgan fingerprint density at radius 2 is 1.13 bits per heavy atom. The third-order valence-corrected chi connectivity index (χ3v) is 8.48. The summed E-state index contributed by atoms with van der Waals surface area (Å²) in [5.74, 6) is 1.86. The predicted octanol–water partition coefficient (Wildman–Crippen LogP) is 7.13. The Balaban J connectivity index is 1.48. The Morgan fingerprint density at radius 3 is 2.03 bits per heavy atom. The smallest absolute Gasteiger partial charge is 0.254 e. The average Bonchev–Trinajstić information content (AvgIpc) is 3.53. The molecule has 0 radical (unpaired) electrons. The molecule has 6 aromatic carbocycles. The number of rotatable bonds is 2. The van der Waals surface area contributed by atoms with E-state index in [1.54, 1.807) is 0 Å². The Hall–Kier alpha value is -5.02. The molecule has 0 aliphatic carbocycles. The van der Waals surface area contributed by atoms with Crippen LogP contribution in [-0.2, 0) is 0 Å². The normalized spacial score (nSPS) is 12.8. The Kier molecular flexibility index (Phi) is 4.17. The topological polar surface area (TPSA) is 13.6 Å². The zero-order valence-electron chi connectivity index (χ0n) is 21.1. The third-order valence-electron chi connectivity index (χ3n) is 8.48. The van der Waals surface area contributed by atoms with Gasteiger partial charge in [-0.3, -0.25) is 0 Å². The minimum atomic E-state index is 0.0156. The molecule has 0 unspecified atom stereocenters. The highest BCUT2D eigenvalue weighted by Crippen LogP contribution is 2.40. The highest BCUT2D eigenvalue weighted by molar-refractivity contribution is 6.99. The van der Waals surface area contributed by atoms with E-state index in [9.17, 15) is 0 Å². The molecule has 8 aromatic rings. The SMILES string of the molecule is c1ccc(-c2ccccc2B2c3ccccc3Oc3ccc4c5cccc6c7ccccc7n(c4c32)c65)cc1. The molecule has 0 fully saturated rings. The van der Waals surface area contributed by atoms with Gasteiger partial charge < -0.3 is 9.14 Å². The van der Waals surface area contributed by atoms with Crippen molar-refractivity contribution in [3.8, 4) is 22.6 Å². The summed E-state index contributed by atoms with van der Waals surface area (Å²) in [6, 6.07) is 48.0. The molecular weight excluding hydrogens is 473 g/mol. The van der Waals surface area contributed by atoms with Crippen LogP contribution in [0.5, 0.6) is 11.5 Å². The number of nitrogens with zero attached hydrogens (tertiary/aromatic N) is 1. The number of para-hydroxylation sites is 3. The first-order valence-corrected chi connectivity index (χ1v) is 13.5. The van der Waals surface area contributed by atoms with Crippen molar-refractivity contribution < 1.29 is 4.74 Å². The van der Waals surface area contributed by atoms with Crippen molar-refractivity contribution in [3.05, 3.63) is 133 Å². The molecule has 3 heteroatoms. The molecule has 0 atom stereocenters. The quantitative estimate of drug-likeness (QED) is 0.233. The zero-order valence-corrected chi connectivity index (χ0v) is 21.1. The summed E-state index contributed by atoms with van der Waals surface area (Å²) in [7, 11) is 0. The predicted molar refractivity (Wildman–Crippen MR) is 164 cm³/mol. The lowest BCUT2D eigenvalue weighted by atomic mass is 9.34. The highest BCUT2D eigenvalue weighted by atomic mass is 16.5. The second-order valence-electron chi connectivity index (χ2n) is 10.5. The van der Waals surface area contributed by atoms with Gasteiger partial charge >= 0.3 is 0 Å². The largest absolute Gasteiger partial charge is 0.458 e. The van der Waals surface area contributed by atoms with Gasteiger partial charge in [0.2, 0.25) is 0 Å². The van der Waals surface area contributed by atoms with E-state index in [-0.39, 0.29) is 6.71 Å². The zero-order chi connectivity index (χ0) is 25.5. The summed E-state index contributed by atoms with van der Waals surface area (Å²) in [6.07, 6.45) is 0. The third kappa shape index (κ3) is 2.77. The van der Waals surface area contributed by atoms with Crippen molar-refractivity contribution in [2.45, 2.75) is 0 Å². The van der Waals surface area contributed by atoms with Crippen LogP contribution in [0.1, 0.15) is 0 Å². The van der Waals surface area contributed by atoms with Crippen molar-refractivity contribution in [3.63, 3.8) is 0 Å². The fourth-order valence-corrected chi connectivity index (χ4v) is 6.92. The monoisotopic (exact) mass is 495 g/mol. The summed E-state index contributed by atoms with van der Waals surface area (Å²) < 4.78 is 9.16. The van der Waals surface area contributed by atoms with Gasteiger partial charge in [0.15, 0.2) is 0 Å². The summed E-state index contributed by atoms with van der Waals surface area (Å²) in [4.78, 5) is 0. The van der Waals surface area contributed by atoms with Crippen LogP contribution < -0.4 is 21.1 Å². The van der Waals surface area contributed by atoms with Crippen molar-refractivity contribution >= 4 is 61.2 Å². The molecule has 2 nitrogen and oxygen atoms in total. The fraction of sp³-hybridized carbons (Fsp3) is 0. The summed E-state index contributed by atoms with van der Waals surface area (Å²) in [5.41, 5.74) is 9.96. The van der Waals surface area contributed by atoms with Crippen LogP contribution >= 0.6 is 0 Å². The standard InChI is InChI=1S/C36H22BNO/c1-2-11-23(12-3-1)24-13-4-6-17-29(24)37-30-18-7-9-20-32(30)39-33-22-21-28-27-16-10-15-26-25-14-5-8-19-31(25)38(35(26)27)36(28)34(33)37/h1-22H. The van der Waals surface area contributed by atoms with E-state index in [1.165, 1.54) is 65.6 Å². The van der Waals surface area contributed by atoms with Crippen LogP contribution in [-0.4, -0.2) is 11.1 Å². The van der Waals surface area contributed by atoms with Crippen LogP contribution in [0.2, 0.25) is 0 Å². The molecule has 9 rings (SSSR count). The Bertz CT molecular complexity index is 2210. The van der Waals surface area contributed by atoms with Gasteiger partial charge in [-0.05, 0) is 46.3 Å². The van der Waals surface area contributed by atoms with Gasteiger partial charge in [0.1, 0.15) is 11.5 Å². The van der Waals surface area contributed by atoms with Crippen molar-refractivity contribution in [1.29, 1.82) is 0 Å². The molecule has 0 saturated carbocycles. The molecule has 0 saturated heterocycles. The number of ether oxygens (including phenoxy) is 1. The van der Waals surface area contributed by atoms with Gasteiger partial charge in [0.05, 0.1) is 16.6 Å². The summed E-state index contributed by atoms with van der Waals surface area (Å²) >= 11 is 0. The highest BCUT2D eigenvalue weighted by Gasteiger charge is 2.37. The molecule has 2 aromatic heterocycles. The van der Waals surface area contributed by atoms with Crippen LogP contribution in [0.25, 0.3) is 49.2 Å².